The van der Waals surface area contributed by atoms with Crippen molar-refractivity contribution < 1.29 is 22.7 Å². The number of carbonyl (C=O) groups excluding carboxylic acids is 1. The quantitative estimate of drug-likeness (QED) is 0.870. The Morgan fingerprint density at radius 1 is 1.35 bits per heavy atom. The number of carbonyl (C=O) groups is 1. The maximum absolute atomic E-state index is 12.8. The van der Waals surface area contributed by atoms with Crippen LogP contribution in [0.5, 0.6) is 0 Å². The van der Waals surface area contributed by atoms with E-state index in [2.05, 4.69) is 15.7 Å². The van der Waals surface area contributed by atoms with Gasteiger partial charge in [-0.25, -0.2) is 4.79 Å². The lowest BCUT2D eigenvalue weighted by molar-refractivity contribution is -0.141. The van der Waals surface area contributed by atoms with E-state index in [9.17, 15) is 18.0 Å². The van der Waals surface area contributed by atoms with Crippen LogP contribution in [0.3, 0.4) is 0 Å². The molecule has 0 bridgehead atoms. The second-order valence-electron chi connectivity index (χ2n) is 6.18. The molecule has 1 aromatic heterocycles. The summed E-state index contributed by atoms with van der Waals surface area (Å²) in [6.07, 6.45) is -3.56. The van der Waals surface area contributed by atoms with Gasteiger partial charge in [-0.2, -0.15) is 18.3 Å². The lowest BCUT2D eigenvalue weighted by Gasteiger charge is -2.11. The number of urea groups is 1. The molecule has 26 heavy (non-hydrogen) atoms. The Morgan fingerprint density at radius 2 is 2.08 bits per heavy atom. The van der Waals surface area contributed by atoms with Crippen molar-refractivity contribution in [2.24, 2.45) is 13.0 Å². The van der Waals surface area contributed by atoms with Crippen molar-refractivity contribution in [2.45, 2.75) is 12.6 Å². The van der Waals surface area contributed by atoms with Crippen LogP contribution in [0, 0.1) is 5.92 Å². The van der Waals surface area contributed by atoms with Crippen LogP contribution in [-0.4, -0.2) is 35.6 Å². The van der Waals surface area contributed by atoms with Crippen LogP contribution in [0.2, 0.25) is 0 Å². The molecule has 0 saturated carbocycles. The first-order valence-electron chi connectivity index (χ1n) is 8.17. The highest BCUT2D eigenvalue weighted by Crippen LogP contribution is 2.31. The number of amides is 2. The molecule has 0 aliphatic carbocycles. The zero-order valence-corrected chi connectivity index (χ0v) is 14.1. The van der Waals surface area contributed by atoms with Crippen LogP contribution < -0.4 is 10.6 Å². The van der Waals surface area contributed by atoms with Crippen molar-refractivity contribution in [3.05, 3.63) is 36.0 Å². The minimum absolute atomic E-state index is 0.329. The number of rotatable bonds is 4. The summed E-state index contributed by atoms with van der Waals surface area (Å²) in [6.45, 7) is 1.91. The van der Waals surface area contributed by atoms with Crippen molar-refractivity contribution in [1.82, 2.24) is 15.1 Å². The number of hydrogen-bond donors (Lipinski definition) is 2. The van der Waals surface area contributed by atoms with Crippen LogP contribution >= 0.6 is 0 Å². The smallest absolute Gasteiger partial charge is 0.381 e. The molecular formula is C17H19F3N4O2. The van der Waals surface area contributed by atoms with Gasteiger partial charge in [0.2, 0.25) is 0 Å². The van der Waals surface area contributed by atoms with Crippen LogP contribution in [0.15, 0.2) is 30.3 Å². The monoisotopic (exact) mass is 368 g/mol. The van der Waals surface area contributed by atoms with Gasteiger partial charge >= 0.3 is 12.2 Å². The van der Waals surface area contributed by atoms with Crippen molar-refractivity contribution in [3.8, 4) is 11.3 Å². The fraction of sp³-hybridized carbons (Fsp3) is 0.412. The SMILES string of the molecule is Cn1nc(C(F)(F)F)cc1-c1ccc(NC(=O)NC[C@@H]2CCOC2)cc1. The Kier molecular flexibility index (Phi) is 5.17. The number of ether oxygens (including phenoxy) is 1. The first-order valence-corrected chi connectivity index (χ1v) is 8.17. The molecule has 0 radical (unpaired) electrons. The van der Waals surface area contributed by atoms with Gasteiger partial charge in [-0.05, 0) is 30.2 Å². The van der Waals surface area contributed by atoms with E-state index in [1.165, 1.54) is 11.7 Å². The highest BCUT2D eigenvalue weighted by Gasteiger charge is 2.34. The molecule has 2 amide bonds. The third kappa shape index (κ3) is 4.34. The van der Waals surface area contributed by atoms with E-state index >= 15 is 0 Å². The normalized spacial score (nSPS) is 17.3. The van der Waals surface area contributed by atoms with Crippen molar-refractivity contribution in [2.75, 3.05) is 25.1 Å². The molecule has 1 atom stereocenters. The second-order valence-corrected chi connectivity index (χ2v) is 6.18. The second kappa shape index (κ2) is 7.36. The fourth-order valence-corrected chi connectivity index (χ4v) is 2.76. The topological polar surface area (TPSA) is 68.2 Å². The number of aromatic nitrogens is 2. The predicted molar refractivity (Wildman–Crippen MR) is 89.6 cm³/mol. The van der Waals surface area contributed by atoms with Gasteiger partial charge in [-0.3, -0.25) is 4.68 Å². The van der Waals surface area contributed by atoms with Crippen LogP contribution in [0.25, 0.3) is 11.3 Å². The first-order chi connectivity index (χ1) is 12.3. The van der Waals surface area contributed by atoms with Crippen molar-refractivity contribution >= 4 is 11.7 Å². The molecule has 1 saturated heterocycles. The number of alkyl halides is 3. The molecule has 140 valence electrons. The van der Waals surface area contributed by atoms with Gasteiger partial charge in [0.05, 0.1) is 12.3 Å². The molecule has 0 unspecified atom stereocenters. The third-order valence-corrected chi connectivity index (χ3v) is 4.18. The lowest BCUT2D eigenvalue weighted by Crippen LogP contribution is -2.33. The molecule has 1 fully saturated rings. The average Bonchev–Trinajstić information content (AvgIpc) is 3.23. The van der Waals surface area contributed by atoms with Gasteiger partial charge in [0, 0.05) is 31.8 Å². The minimum Gasteiger partial charge on any atom is -0.381 e. The highest BCUT2D eigenvalue weighted by molar-refractivity contribution is 5.89. The van der Waals surface area contributed by atoms with Gasteiger partial charge in [-0.15, -0.1) is 0 Å². The standard InChI is InChI=1S/C17H19F3N4O2/c1-24-14(8-15(23-24)17(18,19)20)12-2-4-13(5-3-12)22-16(25)21-9-11-6-7-26-10-11/h2-5,8,11H,6-7,9-10H2,1H3,(H2,21,22,25)/t11-/m0/s1. The van der Waals surface area contributed by atoms with E-state index in [1.807, 2.05) is 0 Å². The van der Waals surface area contributed by atoms with E-state index in [4.69, 9.17) is 4.74 Å². The van der Waals surface area contributed by atoms with E-state index in [0.717, 1.165) is 19.1 Å². The molecule has 6 nitrogen and oxygen atoms in total. The Morgan fingerprint density at radius 3 is 2.65 bits per heavy atom. The van der Waals surface area contributed by atoms with E-state index < -0.39 is 11.9 Å². The average molecular weight is 368 g/mol. The van der Waals surface area contributed by atoms with Gasteiger partial charge in [0.15, 0.2) is 5.69 Å². The Bertz CT molecular complexity index is 765. The van der Waals surface area contributed by atoms with Crippen molar-refractivity contribution in [1.29, 1.82) is 0 Å². The molecule has 1 aliphatic heterocycles. The first kappa shape index (κ1) is 18.2. The Hall–Kier alpha value is -2.55. The largest absolute Gasteiger partial charge is 0.435 e. The predicted octanol–water partition coefficient (Wildman–Crippen LogP) is 3.26. The molecule has 1 aromatic carbocycles. The lowest BCUT2D eigenvalue weighted by atomic mass is 10.1. The molecular weight excluding hydrogens is 349 g/mol. The van der Waals surface area contributed by atoms with Gasteiger partial charge in [0.1, 0.15) is 0 Å². The molecule has 2 aromatic rings. The zero-order chi connectivity index (χ0) is 18.7. The third-order valence-electron chi connectivity index (χ3n) is 4.18. The summed E-state index contributed by atoms with van der Waals surface area (Å²) in [4.78, 5) is 11.9. The maximum Gasteiger partial charge on any atom is 0.435 e. The summed E-state index contributed by atoms with van der Waals surface area (Å²) in [6, 6.07) is 7.21. The summed E-state index contributed by atoms with van der Waals surface area (Å²) in [5.41, 5.74) is 0.527. The minimum atomic E-state index is -4.49. The number of halogens is 3. The van der Waals surface area contributed by atoms with Crippen LogP contribution in [-0.2, 0) is 18.0 Å². The van der Waals surface area contributed by atoms with Gasteiger partial charge in [0.25, 0.3) is 0 Å². The Balaban J connectivity index is 1.61. The summed E-state index contributed by atoms with van der Waals surface area (Å²) in [5.74, 6) is 0.329. The summed E-state index contributed by atoms with van der Waals surface area (Å²) in [5, 5.41) is 8.97. The number of nitrogens with zero attached hydrogens (tertiary/aromatic N) is 2. The maximum atomic E-state index is 12.8. The number of benzene rings is 1. The van der Waals surface area contributed by atoms with Crippen molar-refractivity contribution in [3.63, 3.8) is 0 Å². The summed E-state index contributed by atoms with van der Waals surface area (Å²) in [7, 11) is 1.46. The zero-order valence-electron chi connectivity index (χ0n) is 14.1. The van der Waals surface area contributed by atoms with Gasteiger partial charge in [-0.1, -0.05) is 12.1 Å². The Labute approximate surface area is 148 Å². The van der Waals surface area contributed by atoms with Crippen LogP contribution in [0.1, 0.15) is 12.1 Å². The molecule has 3 rings (SSSR count). The number of hydrogen-bond acceptors (Lipinski definition) is 3. The summed E-state index contributed by atoms with van der Waals surface area (Å²) < 4.78 is 44.7. The number of aryl methyl sites for hydroxylation is 1. The summed E-state index contributed by atoms with van der Waals surface area (Å²) >= 11 is 0. The number of anilines is 1. The molecule has 2 N–H and O–H groups in total. The fourth-order valence-electron chi connectivity index (χ4n) is 2.76. The van der Waals surface area contributed by atoms with Gasteiger partial charge < -0.3 is 15.4 Å². The molecule has 1 aliphatic rings. The molecule has 2 heterocycles. The highest BCUT2D eigenvalue weighted by atomic mass is 19.4. The van der Waals surface area contributed by atoms with E-state index in [-0.39, 0.29) is 6.03 Å². The van der Waals surface area contributed by atoms with E-state index in [1.54, 1.807) is 24.3 Å². The van der Waals surface area contributed by atoms with E-state index in [0.29, 0.717) is 36.0 Å². The number of nitrogens with one attached hydrogen (secondary N) is 2. The molecule has 0 spiro atoms. The van der Waals surface area contributed by atoms with Crippen LogP contribution in [0.4, 0.5) is 23.7 Å². The molecule has 9 heteroatoms.